The fourth-order valence-electron chi connectivity index (χ4n) is 1.52. The summed E-state index contributed by atoms with van der Waals surface area (Å²) in [5, 5.41) is 0. The van der Waals surface area contributed by atoms with Gasteiger partial charge in [-0.1, -0.05) is 6.07 Å². The van der Waals surface area contributed by atoms with Gasteiger partial charge < -0.3 is 0 Å². The summed E-state index contributed by atoms with van der Waals surface area (Å²) in [5.41, 5.74) is -1.63. The predicted octanol–water partition coefficient (Wildman–Crippen LogP) is 4.85. The van der Waals surface area contributed by atoms with Gasteiger partial charge >= 0.3 is 12.4 Å². The molecule has 8 heteroatoms. The van der Waals surface area contributed by atoms with Crippen molar-refractivity contribution in [3.8, 4) is 10.4 Å². The van der Waals surface area contributed by atoms with Crippen molar-refractivity contribution in [2.75, 3.05) is 0 Å². The molecule has 0 aliphatic rings. The lowest BCUT2D eigenvalue weighted by molar-refractivity contribution is -0.142. The van der Waals surface area contributed by atoms with Crippen LogP contribution in [-0.2, 0) is 12.4 Å². The highest BCUT2D eigenvalue weighted by Crippen LogP contribution is 2.41. The number of rotatable bonds is 1. The van der Waals surface area contributed by atoms with Crippen molar-refractivity contribution in [3.63, 3.8) is 0 Å². The van der Waals surface area contributed by atoms with Crippen LogP contribution in [0.3, 0.4) is 0 Å². The van der Waals surface area contributed by atoms with Crippen LogP contribution in [0.1, 0.15) is 11.1 Å². The number of aromatic nitrogens is 1. The molecule has 0 spiro atoms. The van der Waals surface area contributed by atoms with Crippen LogP contribution < -0.4 is 0 Å². The standard InChI is InChI=1S/C11H5F6NS/c12-10(13,14)6-1-2-7(9-4-18-5-19-9)8(3-6)11(15,16)17/h1-5H. The van der Waals surface area contributed by atoms with Crippen LogP contribution in [0.15, 0.2) is 29.9 Å². The Hall–Kier alpha value is -1.57. The number of thiazole rings is 1. The van der Waals surface area contributed by atoms with E-state index >= 15 is 0 Å². The second kappa shape index (κ2) is 4.52. The van der Waals surface area contributed by atoms with Crippen molar-refractivity contribution in [3.05, 3.63) is 41.0 Å². The molecule has 0 fully saturated rings. The third kappa shape index (κ3) is 2.89. The monoisotopic (exact) mass is 297 g/mol. The molecule has 0 saturated heterocycles. The van der Waals surface area contributed by atoms with E-state index in [1.165, 1.54) is 11.7 Å². The molecule has 102 valence electrons. The number of nitrogens with zero attached hydrogens (tertiary/aromatic N) is 1. The van der Waals surface area contributed by atoms with E-state index in [-0.39, 0.29) is 16.5 Å². The zero-order valence-electron chi connectivity index (χ0n) is 9.01. The van der Waals surface area contributed by atoms with E-state index in [0.717, 1.165) is 17.4 Å². The van der Waals surface area contributed by atoms with Crippen LogP contribution in [-0.4, -0.2) is 4.98 Å². The van der Waals surface area contributed by atoms with Gasteiger partial charge in [0.15, 0.2) is 0 Å². The highest BCUT2D eigenvalue weighted by atomic mass is 32.1. The smallest absolute Gasteiger partial charge is 0.252 e. The molecule has 0 aliphatic heterocycles. The predicted molar refractivity (Wildman–Crippen MR) is 57.6 cm³/mol. The summed E-state index contributed by atoms with van der Waals surface area (Å²) in [4.78, 5) is 3.79. The second-order valence-electron chi connectivity index (χ2n) is 3.62. The molecule has 1 aromatic heterocycles. The third-order valence-corrected chi connectivity index (χ3v) is 3.16. The van der Waals surface area contributed by atoms with Gasteiger partial charge in [-0.05, 0) is 12.1 Å². The van der Waals surface area contributed by atoms with Crippen LogP contribution in [0.4, 0.5) is 26.3 Å². The minimum atomic E-state index is -4.86. The third-order valence-electron chi connectivity index (χ3n) is 2.35. The van der Waals surface area contributed by atoms with Crippen molar-refractivity contribution in [2.24, 2.45) is 0 Å². The maximum atomic E-state index is 12.8. The molecule has 0 saturated carbocycles. The molecule has 19 heavy (non-hydrogen) atoms. The maximum Gasteiger partial charge on any atom is 0.417 e. The van der Waals surface area contributed by atoms with Gasteiger partial charge in [0.1, 0.15) is 0 Å². The molecule has 1 nitrogen and oxygen atoms in total. The Kier molecular flexibility index (Phi) is 3.29. The van der Waals surface area contributed by atoms with Gasteiger partial charge in [-0.2, -0.15) is 26.3 Å². The summed E-state index contributed by atoms with van der Waals surface area (Å²) < 4.78 is 75.8. The van der Waals surface area contributed by atoms with Crippen LogP contribution in [0.25, 0.3) is 10.4 Å². The first-order valence-electron chi connectivity index (χ1n) is 4.87. The molecule has 2 rings (SSSR count). The first-order valence-corrected chi connectivity index (χ1v) is 5.75. The minimum Gasteiger partial charge on any atom is -0.252 e. The fourth-order valence-corrected chi connectivity index (χ4v) is 2.18. The molecule has 0 bridgehead atoms. The summed E-state index contributed by atoms with van der Waals surface area (Å²) in [7, 11) is 0. The van der Waals surface area contributed by atoms with Gasteiger partial charge in [0.25, 0.3) is 0 Å². The summed E-state index contributed by atoms with van der Waals surface area (Å²) in [6.45, 7) is 0. The lowest BCUT2D eigenvalue weighted by Gasteiger charge is -2.14. The number of benzene rings is 1. The number of hydrogen-bond acceptors (Lipinski definition) is 2. The molecule has 1 heterocycles. The molecule has 0 unspecified atom stereocenters. The number of hydrogen-bond donors (Lipinski definition) is 0. The number of halogens is 6. The molecule has 1 aromatic carbocycles. The largest absolute Gasteiger partial charge is 0.417 e. The summed E-state index contributed by atoms with van der Waals surface area (Å²) >= 11 is 0.927. The van der Waals surface area contributed by atoms with Crippen molar-refractivity contribution < 1.29 is 26.3 Å². The van der Waals surface area contributed by atoms with Crippen molar-refractivity contribution in [2.45, 2.75) is 12.4 Å². The lowest BCUT2D eigenvalue weighted by atomic mass is 10.0. The van der Waals surface area contributed by atoms with Gasteiger partial charge in [0, 0.05) is 11.8 Å². The Bertz CT molecular complexity index is 570. The van der Waals surface area contributed by atoms with Gasteiger partial charge in [-0.25, -0.2) is 0 Å². The van der Waals surface area contributed by atoms with Gasteiger partial charge in [-0.3, -0.25) is 4.98 Å². The highest BCUT2D eigenvalue weighted by Gasteiger charge is 2.38. The molecular formula is C11H5F6NS. The SMILES string of the molecule is FC(F)(F)c1ccc(-c2cncs2)c(C(F)(F)F)c1. The average Bonchev–Trinajstić information content (AvgIpc) is 2.79. The van der Waals surface area contributed by atoms with Gasteiger partial charge in [0.05, 0.1) is 21.5 Å². The molecule has 2 aromatic rings. The second-order valence-corrected chi connectivity index (χ2v) is 4.51. The molecular weight excluding hydrogens is 292 g/mol. The molecule has 0 radical (unpaired) electrons. The van der Waals surface area contributed by atoms with E-state index in [2.05, 4.69) is 4.98 Å². The van der Waals surface area contributed by atoms with Crippen molar-refractivity contribution in [1.29, 1.82) is 0 Å². The van der Waals surface area contributed by atoms with E-state index in [1.54, 1.807) is 0 Å². The van der Waals surface area contributed by atoms with Crippen LogP contribution in [0, 0.1) is 0 Å². The van der Waals surface area contributed by atoms with E-state index in [4.69, 9.17) is 0 Å². The Labute approximate surface area is 107 Å². The number of alkyl halides is 6. The quantitative estimate of drug-likeness (QED) is 0.686. The van der Waals surface area contributed by atoms with Crippen LogP contribution in [0.2, 0.25) is 0 Å². The Balaban J connectivity index is 2.63. The summed E-state index contributed by atoms with van der Waals surface area (Å²) in [5.74, 6) is 0. The Morgan fingerprint density at radius 2 is 1.63 bits per heavy atom. The van der Waals surface area contributed by atoms with E-state index < -0.39 is 23.5 Å². The summed E-state index contributed by atoms with van der Waals surface area (Å²) in [6.07, 6.45) is -8.49. The van der Waals surface area contributed by atoms with Gasteiger partial charge in [-0.15, -0.1) is 11.3 Å². The van der Waals surface area contributed by atoms with E-state index in [1.807, 2.05) is 0 Å². The van der Waals surface area contributed by atoms with Crippen LogP contribution in [0.5, 0.6) is 0 Å². The lowest BCUT2D eigenvalue weighted by Crippen LogP contribution is -2.11. The molecule has 0 aliphatic carbocycles. The Morgan fingerprint density at radius 1 is 0.947 bits per heavy atom. The van der Waals surface area contributed by atoms with Gasteiger partial charge in [0.2, 0.25) is 0 Å². The zero-order valence-corrected chi connectivity index (χ0v) is 9.83. The Morgan fingerprint density at radius 3 is 2.11 bits per heavy atom. The fraction of sp³-hybridized carbons (Fsp3) is 0.182. The van der Waals surface area contributed by atoms with Crippen molar-refractivity contribution in [1.82, 2.24) is 4.98 Å². The minimum absolute atomic E-state index is 0.120. The average molecular weight is 297 g/mol. The normalized spacial score (nSPS) is 12.7. The first kappa shape index (κ1) is 13.9. The summed E-state index contributed by atoms with van der Waals surface area (Å²) in [6, 6.07) is 1.57. The molecule has 0 N–H and O–H groups in total. The van der Waals surface area contributed by atoms with E-state index in [9.17, 15) is 26.3 Å². The topological polar surface area (TPSA) is 12.9 Å². The van der Waals surface area contributed by atoms with E-state index in [0.29, 0.717) is 6.07 Å². The highest BCUT2D eigenvalue weighted by molar-refractivity contribution is 7.13. The maximum absolute atomic E-state index is 12.8. The first-order chi connectivity index (χ1) is 8.69. The van der Waals surface area contributed by atoms with Crippen molar-refractivity contribution >= 4 is 11.3 Å². The molecule has 0 amide bonds. The van der Waals surface area contributed by atoms with Crippen LogP contribution >= 0.6 is 11.3 Å². The zero-order chi connectivity index (χ0) is 14.3. The molecule has 0 atom stereocenters.